The molecule has 3 aromatic rings. The molecule has 0 spiro atoms. The second-order valence-corrected chi connectivity index (χ2v) is 7.57. The van der Waals surface area contributed by atoms with Crippen molar-refractivity contribution in [3.8, 4) is 5.75 Å². The smallest absolute Gasteiger partial charge is 0.255 e. The maximum Gasteiger partial charge on any atom is 0.255 e. The Labute approximate surface area is 175 Å². The molecule has 0 radical (unpaired) electrons. The zero-order valence-electron chi connectivity index (χ0n) is 16.5. The molecule has 0 saturated carbocycles. The van der Waals surface area contributed by atoms with Gasteiger partial charge in [-0.15, -0.1) is 11.8 Å². The summed E-state index contributed by atoms with van der Waals surface area (Å²) < 4.78 is 5.40. The summed E-state index contributed by atoms with van der Waals surface area (Å²) in [6.45, 7) is 4.50. The molecular formula is C24H23NO3S. The van der Waals surface area contributed by atoms with Crippen molar-refractivity contribution in [2.45, 2.75) is 18.7 Å². The summed E-state index contributed by atoms with van der Waals surface area (Å²) in [5.74, 6) is 0.974. The summed E-state index contributed by atoms with van der Waals surface area (Å²) in [4.78, 5) is 25.7. The number of Topliss-reactive ketones (excluding diaryl/α,β-unsaturated/α-hetero) is 1. The molecule has 3 rings (SSSR count). The average Bonchev–Trinajstić information content (AvgIpc) is 2.73. The van der Waals surface area contributed by atoms with E-state index in [1.807, 2.05) is 62.4 Å². The van der Waals surface area contributed by atoms with Gasteiger partial charge >= 0.3 is 0 Å². The maximum atomic E-state index is 12.4. The van der Waals surface area contributed by atoms with Crippen LogP contribution in [0.5, 0.6) is 5.75 Å². The Hall–Kier alpha value is -3.05. The molecule has 29 heavy (non-hydrogen) atoms. The number of hydrogen-bond acceptors (Lipinski definition) is 4. The first-order chi connectivity index (χ1) is 14.0. The highest BCUT2D eigenvalue weighted by Gasteiger charge is 2.09. The number of nitrogens with one attached hydrogen (secondary N) is 1. The molecule has 3 aromatic carbocycles. The molecule has 0 saturated heterocycles. The molecule has 0 unspecified atom stereocenters. The first kappa shape index (κ1) is 20.7. The maximum absolute atomic E-state index is 12.4. The summed E-state index contributed by atoms with van der Waals surface area (Å²) in [6.07, 6.45) is 0. The van der Waals surface area contributed by atoms with Gasteiger partial charge < -0.3 is 10.1 Å². The Bertz CT molecular complexity index is 982. The van der Waals surface area contributed by atoms with E-state index in [1.165, 1.54) is 11.8 Å². The predicted molar refractivity (Wildman–Crippen MR) is 118 cm³/mol. The van der Waals surface area contributed by atoms with Crippen LogP contribution >= 0.6 is 11.8 Å². The van der Waals surface area contributed by atoms with Crippen LogP contribution in [-0.2, 0) is 0 Å². The summed E-state index contributed by atoms with van der Waals surface area (Å²) in [5.41, 5.74) is 3.08. The van der Waals surface area contributed by atoms with E-state index in [2.05, 4.69) is 5.32 Å². The van der Waals surface area contributed by atoms with Gasteiger partial charge in [0.05, 0.1) is 12.4 Å². The number of hydrogen-bond donors (Lipinski definition) is 1. The molecule has 1 amide bonds. The third-order valence-corrected chi connectivity index (χ3v) is 5.26. The fourth-order valence-electron chi connectivity index (χ4n) is 2.71. The minimum Gasteiger partial charge on any atom is -0.494 e. The van der Waals surface area contributed by atoms with Crippen molar-refractivity contribution < 1.29 is 14.3 Å². The van der Waals surface area contributed by atoms with E-state index < -0.39 is 0 Å². The first-order valence-electron chi connectivity index (χ1n) is 9.42. The number of ketones is 1. The van der Waals surface area contributed by atoms with Crippen molar-refractivity contribution in [1.29, 1.82) is 0 Å². The highest BCUT2D eigenvalue weighted by Crippen LogP contribution is 2.23. The van der Waals surface area contributed by atoms with E-state index >= 15 is 0 Å². The number of rotatable bonds is 8. The number of amides is 1. The van der Waals surface area contributed by atoms with Gasteiger partial charge in [0.15, 0.2) is 5.78 Å². The number of thioether (sulfide) groups is 1. The molecule has 0 atom stereocenters. The van der Waals surface area contributed by atoms with Crippen molar-refractivity contribution in [2.24, 2.45) is 0 Å². The van der Waals surface area contributed by atoms with E-state index in [0.717, 1.165) is 16.2 Å². The summed E-state index contributed by atoms with van der Waals surface area (Å²) >= 11 is 1.44. The van der Waals surface area contributed by atoms with Crippen molar-refractivity contribution >= 4 is 29.1 Å². The van der Waals surface area contributed by atoms with Crippen molar-refractivity contribution in [1.82, 2.24) is 0 Å². The Balaban J connectivity index is 1.58. The number of benzene rings is 3. The molecule has 0 fully saturated rings. The quantitative estimate of drug-likeness (QED) is 0.390. The molecular weight excluding hydrogens is 382 g/mol. The van der Waals surface area contributed by atoms with E-state index in [4.69, 9.17) is 4.74 Å². The molecule has 0 aliphatic heterocycles. The molecule has 5 heteroatoms. The van der Waals surface area contributed by atoms with Crippen molar-refractivity contribution in [3.05, 3.63) is 89.5 Å². The standard InChI is InChI=1S/C24H23NO3S/c1-3-28-21-13-11-18(12-14-21)23(26)16-29-22-6-4-5-20(15-22)25-24(27)19-9-7-17(2)8-10-19/h4-15H,3,16H2,1-2H3,(H,25,27). The van der Waals surface area contributed by atoms with Gasteiger partial charge in [-0.2, -0.15) is 0 Å². The lowest BCUT2D eigenvalue weighted by Gasteiger charge is -2.08. The summed E-state index contributed by atoms with van der Waals surface area (Å²) in [7, 11) is 0. The molecule has 0 aliphatic carbocycles. The van der Waals surface area contributed by atoms with Crippen LogP contribution in [0.2, 0.25) is 0 Å². The highest BCUT2D eigenvalue weighted by molar-refractivity contribution is 8.00. The summed E-state index contributed by atoms with van der Waals surface area (Å²) in [6, 6.07) is 22.1. The fourth-order valence-corrected chi connectivity index (χ4v) is 3.56. The Morgan fingerprint density at radius 3 is 2.31 bits per heavy atom. The lowest BCUT2D eigenvalue weighted by atomic mass is 10.1. The van der Waals surface area contributed by atoms with Gasteiger partial charge in [-0.25, -0.2) is 0 Å². The Morgan fingerprint density at radius 2 is 1.62 bits per heavy atom. The first-order valence-corrected chi connectivity index (χ1v) is 10.4. The Kier molecular flexibility index (Phi) is 7.09. The molecule has 148 valence electrons. The monoisotopic (exact) mass is 405 g/mol. The number of ether oxygens (including phenoxy) is 1. The van der Waals surface area contributed by atoms with Crippen LogP contribution in [0.15, 0.2) is 77.7 Å². The zero-order valence-corrected chi connectivity index (χ0v) is 17.3. The number of anilines is 1. The van der Waals surface area contributed by atoms with Gasteiger partial charge in [0.2, 0.25) is 0 Å². The van der Waals surface area contributed by atoms with Crippen LogP contribution in [0.1, 0.15) is 33.2 Å². The minimum atomic E-state index is -0.155. The van der Waals surface area contributed by atoms with Crippen LogP contribution in [0.3, 0.4) is 0 Å². The highest BCUT2D eigenvalue weighted by atomic mass is 32.2. The van der Waals surface area contributed by atoms with Gasteiger partial charge in [-0.1, -0.05) is 23.8 Å². The Morgan fingerprint density at radius 1 is 0.931 bits per heavy atom. The largest absolute Gasteiger partial charge is 0.494 e. The van der Waals surface area contributed by atoms with Gasteiger partial charge in [0.25, 0.3) is 5.91 Å². The second kappa shape index (κ2) is 9.94. The predicted octanol–water partition coefficient (Wildman–Crippen LogP) is 5.62. The van der Waals surface area contributed by atoms with Gasteiger partial charge in [0, 0.05) is 21.7 Å². The van der Waals surface area contributed by atoms with Gasteiger partial charge in [0.1, 0.15) is 5.75 Å². The summed E-state index contributed by atoms with van der Waals surface area (Å²) in [5, 5.41) is 2.90. The van der Waals surface area contributed by atoms with Gasteiger partial charge in [-0.05, 0) is 68.4 Å². The molecule has 0 heterocycles. The van der Waals surface area contributed by atoms with E-state index in [1.54, 1.807) is 24.3 Å². The third kappa shape index (κ3) is 5.96. The number of carbonyl (C=O) groups is 2. The molecule has 0 aliphatic rings. The van der Waals surface area contributed by atoms with Crippen molar-refractivity contribution in [2.75, 3.05) is 17.7 Å². The van der Waals surface area contributed by atoms with Crippen LogP contribution < -0.4 is 10.1 Å². The number of carbonyl (C=O) groups excluding carboxylic acids is 2. The van der Waals surface area contributed by atoms with Crippen LogP contribution in [0.4, 0.5) is 5.69 Å². The van der Waals surface area contributed by atoms with E-state index in [0.29, 0.717) is 29.2 Å². The van der Waals surface area contributed by atoms with Crippen LogP contribution in [-0.4, -0.2) is 24.1 Å². The normalized spacial score (nSPS) is 10.4. The third-order valence-electron chi connectivity index (χ3n) is 4.26. The molecule has 0 aromatic heterocycles. The zero-order chi connectivity index (χ0) is 20.6. The van der Waals surface area contributed by atoms with E-state index in [-0.39, 0.29) is 11.7 Å². The number of aryl methyl sites for hydroxylation is 1. The van der Waals surface area contributed by atoms with Gasteiger partial charge in [-0.3, -0.25) is 9.59 Å². The molecule has 4 nitrogen and oxygen atoms in total. The fraction of sp³-hybridized carbons (Fsp3) is 0.167. The average molecular weight is 406 g/mol. The molecule has 0 bridgehead atoms. The van der Waals surface area contributed by atoms with E-state index in [9.17, 15) is 9.59 Å². The minimum absolute atomic E-state index is 0.0483. The van der Waals surface area contributed by atoms with Crippen LogP contribution in [0.25, 0.3) is 0 Å². The second-order valence-electron chi connectivity index (χ2n) is 6.52. The van der Waals surface area contributed by atoms with Crippen LogP contribution in [0, 0.1) is 6.92 Å². The SMILES string of the molecule is CCOc1ccc(C(=O)CSc2cccc(NC(=O)c3ccc(C)cc3)c2)cc1. The lowest BCUT2D eigenvalue weighted by molar-refractivity contribution is 0.101. The lowest BCUT2D eigenvalue weighted by Crippen LogP contribution is -2.11. The van der Waals surface area contributed by atoms with Crippen molar-refractivity contribution in [3.63, 3.8) is 0 Å². The topological polar surface area (TPSA) is 55.4 Å². The molecule has 1 N–H and O–H groups in total.